The van der Waals surface area contributed by atoms with E-state index in [0.29, 0.717) is 31.2 Å². The molecule has 6 heteroatoms. The molecule has 0 heterocycles. The van der Waals surface area contributed by atoms with Crippen LogP contribution in [0.5, 0.6) is 11.5 Å². The fourth-order valence-corrected chi connectivity index (χ4v) is 2.19. The predicted molar refractivity (Wildman–Crippen MR) is 84.8 cm³/mol. The summed E-state index contributed by atoms with van der Waals surface area (Å²) in [7, 11) is -1.51. The highest BCUT2D eigenvalue weighted by atomic mass is 32.2. The van der Waals surface area contributed by atoms with E-state index in [-0.39, 0.29) is 0 Å². The molecule has 0 radical (unpaired) electrons. The van der Waals surface area contributed by atoms with Gasteiger partial charge in [-0.05, 0) is 26.8 Å². The molecule has 0 aliphatic carbocycles. The Kier molecular flexibility index (Phi) is 6.04. The van der Waals surface area contributed by atoms with E-state index in [1.54, 1.807) is 21.0 Å². The van der Waals surface area contributed by atoms with E-state index in [2.05, 4.69) is 5.32 Å². The summed E-state index contributed by atoms with van der Waals surface area (Å²) in [5.74, 6) is 1.38. The van der Waals surface area contributed by atoms with Crippen molar-refractivity contribution in [1.82, 2.24) is 5.32 Å². The van der Waals surface area contributed by atoms with Crippen molar-refractivity contribution in [2.24, 2.45) is 0 Å². The maximum atomic E-state index is 11.7. The van der Waals surface area contributed by atoms with Crippen LogP contribution in [-0.2, 0) is 16.4 Å². The molecule has 0 bridgehead atoms. The van der Waals surface area contributed by atoms with E-state index in [1.165, 1.54) is 6.26 Å². The summed E-state index contributed by atoms with van der Waals surface area (Å²) < 4.78 is 33.5. The minimum atomic E-state index is -3.11. The van der Waals surface area contributed by atoms with Crippen molar-refractivity contribution in [2.45, 2.75) is 32.1 Å². The second kappa shape index (κ2) is 7.13. The number of nitrogens with one attached hydrogen (secondary N) is 1. The number of ether oxygens (including phenoxy) is 2. The maximum absolute atomic E-state index is 11.7. The van der Waals surface area contributed by atoms with Crippen LogP contribution < -0.4 is 14.8 Å². The molecular formula is C15H25NO4S. The van der Waals surface area contributed by atoms with E-state index >= 15 is 0 Å². The average molecular weight is 315 g/mol. The SMILES string of the molecule is CCOc1cccc(CNCC(C)(C)S(C)(=O)=O)c1OC. The zero-order chi connectivity index (χ0) is 16.1. The highest BCUT2D eigenvalue weighted by molar-refractivity contribution is 7.92. The molecule has 0 aromatic heterocycles. The lowest BCUT2D eigenvalue weighted by molar-refractivity contribution is 0.308. The highest BCUT2D eigenvalue weighted by Gasteiger charge is 2.29. The van der Waals surface area contributed by atoms with Crippen LogP contribution in [0.2, 0.25) is 0 Å². The largest absolute Gasteiger partial charge is 0.493 e. The third-order valence-electron chi connectivity index (χ3n) is 3.43. The predicted octanol–water partition coefficient (Wildman–Crippen LogP) is 2.01. The van der Waals surface area contributed by atoms with Gasteiger partial charge in [-0.3, -0.25) is 0 Å². The Bertz CT molecular complexity index is 567. The summed E-state index contributed by atoms with van der Waals surface area (Å²) >= 11 is 0. The number of methoxy groups -OCH3 is 1. The van der Waals surface area contributed by atoms with E-state index < -0.39 is 14.6 Å². The third-order valence-corrected chi connectivity index (χ3v) is 5.59. The zero-order valence-electron chi connectivity index (χ0n) is 13.4. The molecule has 0 fully saturated rings. The van der Waals surface area contributed by atoms with Crippen LogP contribution in [0.3, 0.4) is 0 Å². The molecule has 120 valence electrons. The summed E-state index contributed by atoms with van der Waals surface area (Å²) in [4.78, 5) is 0. The first-order valence-electron chi connectivity index (χ1n) is 6.92. The van der Waals surface area contributed by atoms with Gasteiger partial charge in [-0.25, -0.2) is 8.42 Å². The van der Waals surface area contributed by atoms with Crippen LogP contribution >= 0.6 is 0 Å². The van der Waals surface area contributed by atoms with Crippen LogP contribution in [-0.4, -0.2) is 39.7 Å². The van der Waals surface area contributed by atoms with Gasteiger partial charge in [-0.2, -0.15) is 0 Å². The molecule has 0 aliphatic rings. The molecule has 21 heavy (non-hydrogen) atoms. The van der Waals surface area contributed by atoms with Crippen molar-refractivity contribution in [3.8, 4) is 11.5 Å². The molecule has 0 saturated carbocycles. The van der Waals surface area contributed by atoms with Crippen LogP contribution in [0.15, 0.2) is 18.2 Å². The third kappa shape index (κ3) is 4.61. The molecular weight excluding hydrogens is 290 g/mol. The smallest absolute Gasteiger partial charge is 0.165 e. The lowest BCUT2D eigenvalue weighted by Gasteiger charge is -2.23. The fourth-order valence-electron chi connectivity index (χ4n) is 1.83. The molecule has 0 unspecified atom stereocenters. The molecule has 0 atom stereocenters. The van der Waals surface area contributed by atoms with Gasteiger partial charge in [0.1, 0.15) is 0 Å². The van der Waals surface area contributed by atoms with Gasteiger partial charge in [0, 0.05) is 24.9 Å². The Morgan fingerprint density at radius 3 is 2.48 bits per heavy atom. The van der Waals surface area contributed by atoms with E-state index in [0.717, 1.165) is 5.56 Å². The van der Waals surface area contributed by atoms with Crippen molar-refractivity contribution in [1.29, 1.82) is 0 Å². The number of rotatable bonds is 8. The molecule has 1 N–H and O–H groups in total. The van der Waals surface area contributed by atoms with E-state index in [9.17, 15) is 8.42 Å². The van der Waals surface area contributed by atoms with Crippen molar-refractivity contribution >= 4 is 9.84 Å². The second-order valence-electron chi connectivity index (χ2n) is 5.52. The Labute approximate surface area is 127 Å². The molecule has 0 aliphatic heterocycles. The lowest BCUT2D eigenvalue weighted by Crippen LogP contribution is -2.41. The average Bonchev–Trinajstić information content (AvgIpc) is 2.38. The molecule has 0 amide bonds. The van der Waals surface area contributed by atoms with Crippen LogP contribution in [0.25, 0.3) is 0 Å². The minimum Gasteiger partial charge on any atom is -0.493 e. The van der Waals surface area contributed by atoms with Crippen LogP contribution in [0, 0.1) is 0 Å². The topological polar surface area (TPSA) is 64.6 Å². The van der Waals surface area contributed by atoms with Crippen LogP contribution in [0.4, 0.5) is 0 Å². The summed E-state index contributed by atoms with van der Waals surface area (Å²) in [5.41, 5.74) is 0.938. The van der Waals surface area contributed by atoms with Gasteiger partial charge in [0.25, 0.3) is 0 Å². The Morgan fingerprint density at radius 2 is 1.95 bits per heavy atom. The monoisotopic (exact) mass is 315 g/mol. The summed E-state index contributed by atoms with van der Waals surface area (Å²) in [5, 5.41) is 3.18. The van der Waals surface area contributed by atoms with E-state index in [1.807, 2.05) is 25.1 Å². The quantitative estimate of drug-likeness (QED) is 0.795. The summed E-state index contributed by atoms with van der Waals surface area (Å²) in [6, 6.07) is 5.68. The number of hydrogen-bond acceptors (Lipinski definition) is 5. The molecule has 1 aromatic carbocycles. The van der Waals surface area contributed by atoms with Gasteiger partial charge >= 0.3 is 0 Å². The Hall–Kier alpha value is -1.27. The molecule has 5 nitrogen and oxygen atoms in total. The molecule has 1 aromatic rings. The van der Waals surface area contributed by atoms with Crippen molar-refractivity contribution in [3.05, 3.63) is 23.8 Å². The van der Waals surface area contributed by atoms with Gasteiger partial charge < -0.3 is 14.8 Å². The minimum absolute atomic E-state index is 0.369. The number of sulfone groups is 1. The number of para-hydroxylation sites is 1. The van der Waals surface area contributed by atoms with Crippen molar-refractivity contribution in [3.63, 3.8) is 0 Å². The molecule has 1 rings (SSSR count). The first-order chi connectivity index (χ1) is 9.73. The standard InChI is InChI=1S/C15H25NO4S/c1-6-20-13-9-7-8-12(14(13)19-4)10-16-11-15(2,3)21(5,17)18/h7-9,16H,6,10-11H2,1-5H3. The summed E-state index contributed by atoms with van der Waals surface area (Å²) in [6.07, 6.45) is 1.25. The number of benzene rings is 1. The van der Waals surface area contributed by atoms with Gasteiger partial charge in [0.05, 0.1) is 18.5 Å². The van der Waals surface area contributed by atoms with Gasteiger partial charge in [0.15, 0.2) is 21.3 Å². The summed E-state index contributed by atoms with van der Waals surface area (Å²) in [6.45, 7) is 6.79. The second-order valence-corrected chi connectivity index (χ2v) is 8.17. The van der Waals surface area contributed by atoms with Crippen molar-refractivity contribution in [2.75, 3.05) is 26.5 Å². The van der Waals surface area contributed by atoms with Crippen LogP contribution in [0.1, 0.15) is 26.3 Å². The fraction of sp³-hybridized carbons (Fsp3) is 0.600. The molecule has 0 spiro atoms. The lowest BCUT2D eigenvalue weighted by atomic mass is 10.1. The highest BCUT2D eigenvalue weighted by Crippen LogP contribution is 2.31. The maximum Gasteiger partial charge on any atom is 0.165 e. The van der Waals surface area contributed by atoms with Gasteiger partial charge in [0.2, 0.25) is 0 Å². The first-order valence-corrected chi connectivity index (χ1v) is 8.81. The molecule has 0 saturated heterocycles. The van der Waals surface area contributed by atoms with E-state index in [4.69, 9.17) is 9.47 Å². The van der Waals surface area contributed by atoms with Crippen molar-refractivity contribution < 1.29 is 17.9 Å². The number of hydrogen-bond donors (Lipinski definition) is 1. The normalized spacial score (nSPS) is 12.2. The van der Waals surface area contributed by atoms with Gasteiger partial charge in [-0.15, -0.1) is 0 Å². The van der Waals surface area contributed by atoms with Gasteiger partial charge in [-0.1, -0.05) is 12.1 Å². The Morgan fingerprint density at radius 1 is 1.29 bits per heavy atom. The first kappa shape index (κ1) is 17.8. The zero-order valence-corrected chi connectivity index (χ0v) is 14.2. The Balaban J connectivity index is 2.79.